The van der Waals surface area contributed by atoms with E-state index in [1.165, 1.54) is 7.11 Å². The van der Waals surface area contributed by atoms with Crippen LogP contribution in [0.3, 0.4) is 0 Å². The molecule has 0 amide bonds. The van der Waals surface area contributed by atoms with Crippen molar-refractivity contribution >= 4 is 17.7 Å². The number of hydrogen-bond acceptors (Lipinski definition) is 7. The maximum atomic E-state index is 13.3. The molecule has 0 saturated carbocycles. The summed E-state index contributed by atoms with van der Waals surface area (Å²) in [6.45, 7) is 4.03. The largest absolute Gasteiger partial charge is 0.465 e. The van der Waals surface area contributed by atoms with Crippen molar-refractivity contribution in [3.63, 3.8) is 0 Å². The highest BCUT2D eigenvalue weighted by Crippen LogP contribution is 2.48. The van der Waals surface area contributed by atoms with E-state index in [0.29, 0.717) is 35.3 Å². The molecule has 0 saturated heterocycles. The lowest BCUT2D eigenvalue weighted by atomic mass is 9.70. The lowest BCUT2D eigenvalue weighted by Crippen LogP contribution is -2.35. The van der Waals surface area contributed by atoms with Crippen molar-refractivity contribution in [2.24, 2.45) is 11.1 Å². The number of carbonyl (C=O) groups excluding carboxylic acids is 3. The van der Waals surface area contributed by atoms with Crippen LogP contribution in [-0.2, 0) is 30.4 Å². The second-order valence-corrected chi connectivity index (χ2v) is 9.27. The number of rotatable bonds is 5. The molecule has 2 aliphatic rings. The SMILES string of the molecule is COC(=O)c1ccc([C@H]2C(C(=O)OCc3ccccc3)=C(N)OC3=C2C(=O)CC(C)(C)C3)cc1. The third-order valence-corrected chi connectivity index (χ3v) is 6.05. The van der Waals surface area contributed by atoms with Gasteiger partial charge in [0.2, 0.25) is 5.88 Å². The minimum Gasteiger partial charge on any atom is -0.465 e. The van der Waals surface area contributed by atoms with Gasteiger partial charge >= 0.3 is 11.9 Å². The van der Waals surface area contributed by atoms with E-state index in [4.69, 9.17) is 19.9 Å². The molecule has 7 nitrogen and oxygen atoms in total. The fourth-order valence-electron chi connectivity index (χ4n) is 4.45. The summed E-state index contributed by atoms with van der Waals surface area (Å²) in [4.78, 5) is 38.4. The van der Waals surface area contributed by atoms with Gasteiger partial charge in [-0.2, -0.15) is 0 Å². The van der Waals surface area contributed by atoms with Crippen LogP contribution in [-0.4, -0.2) is 24.8 Å². The molecule has 2 aromatic carbocycles. The first-order chi connectivity index (χ1) is 16.2. The van der Waals surface area contributed by atoms with Gasteiger partial charge in [-0.15, -0.1) is 0 Å². The highest BCUT2D eigenvalue weighted by Gasteiger charge is 2.45. The van der Waals surface area contributed by atoms with Crippen molar-refractivity contribution in [1.29, 1.82) is 0 Å². The van der Waals surface area contributed by atoms with Gasteiger partial charge < -0.3 is 19.9 Å². The van der Waals surface area contributed by atoms with E-state index in [1.807, 2.05) is 44.2 Å². The molecular formula is C27H27NO6. The minimum absolute atomic E-state index is 0.0529. The van der Waals surface area contributed by atoms with Crippen LogP contribution >= 0.6 is 0 Å². The van der Waals surface area contributed by atoms with Gasteiger partial charge in [0.05, 0.1) is 18.6 Å². The van der Waals surface area contributed by atoms with E-state index in [0.717, 1.165) is 5.56 Å². The molecule has 7 heteroatoms. The number of Topliss-reactive ketones (excluding diaryl/α,β-unsaturated/α-hetero) is 1. The molecular weight excluding hydrogens is 434 g/mol. The van der Waals surface area contributed by atoms with Crippen LogP contribution in [0.25, 0.3) is 0 Å². The standard InChI is InChI=1S/C27H27NO6/c1-27(2)13-19(29)22-20(14-27)34-24(28)23(26(31)33-15-16-7-5-4-6-8-16)21(22)17-9-11-18(12-10-17)25(30)32-3/h4-12,21H,13-15,28H2,1-3H3/t21-/m1/s1. The fraction of sp³-hybridized carbons (Fsp3) is 0.296. The Morgan fingerprint density at radius 3 is 2.35 bits per heavy atom. The summed E-state index contributed by atoms with van der Waals surface area (Å²) >= 11 is 0. The molecule has 2 aromatic rings. The molecule has 0 spiro atoms. The zero-order valence-corrected chi connectivity index (χ0v) is 19.4. The third-order valence-electron chi connectivity index (χ3n) is 6.05. The van der Waals surface area contributed by atoms with Crippen molar-refractivity contribution in [1.82, 2.24) is 0 Å². The number of methoxy groups -OCH3 is 1. The number of nitrogens with two attached hydrogens (primary N) is 1. The topological polar surface area (TPSA) is 105 Å². The van der Waals surface area contributed by atoms with Crippen LogP contribution in [0.1, 0.15) is 54.1 Å². The van der Waals surface area contributed by atoms with E-state index < -0.39 is 17.9 Å². The van der Waals surface area contributed by atoms with Crippen LogP contribution in [0.4, 0.5) is 0 Å². The second-order valence-electron chi connectivity index (χ2n) is 9.27. The minimum atomic E-state index is -0.762. The highest BCUT2D eigenvalue weighted by atomic mass is 16.5. The molecule has 4 rings (SSSR count). The van der Waals surface area contributed by atoms with Crippen molar-refractivity contribution in [3.05, 3.63) is 94.1 Å². The molecule has 0 aromatic heterocycles. The van der Waals surface area contributed by atoms with Gasteiger partial charge in [0.15, 0.2) is 5.78 Å². The lowest BCUT2D eigenvalue weighted by Gasteiger charge is -2.38. The van der Waals surface area contributed by atoms with E-state index in [9.17, 15) is 14.4 Å². The molecule has 0 fully saturated rings. The summed E-state index contributed by atoms with van der Waals surface area (Å²) < 4.78 is 16.2. The summed E-state index contributed by atoms with van der Waals surface area (Å²) in [6.07, 6.45) is 0.829. The number of ether oxygens (including phenoxy) is 3. The number of hydrogen-bond donors (Lipinski definition) is 1. The number of ketones is 1. The number of carbonyl (C=O) groups is 3. The van der Waals surface area contributed by atoms with Crippen LogP contribution in [0.5, 0.6) is 0 Å². The van der Waals surface area contributed by atoms with E-state index in [-0.39, 0.29) is 29.3 Å². The molecule has 0 radical (unpaired) electrons. The van der Waals surface area contributed by atoms with Crippen LogP contribution < -0.4 is 5.73 Å². The van der Waals surface area contributed by atoms with E-state index >= 15 is 0 Å². The average molecular weight is 462 g/mol. The molecule has 1 heterocycles. The maximum absolute atomic E-state index is 13.3. The Labute approximate surface area is 198 Å². The summed E-state index contributed by atoms with van der Waals surface area (Å²) in [5.41, 5.74) is 8.26. The number of benzene rings is 2. The molecule has 0 unspecified atom stereocenters. The van der Waals surface area contributed by atoms with Crippen molar-refractivity contribution in [2.45, 2.75) is 39.2 Å². The first-order valence-electron chi connectivity index (χ1n) is 11.0. The monoisotopic (exact) mass is 461 g/mol. The van der Waals surface area contributed by atoms with E-state index in [1.54, 1.807) is 24.3 Å². The Balaban J connectivity index is 1.74. The van der Waals surface area contributed by atoms with Gasteiger partial charge in [-0.1, -0.05) is 56.3 Å². The molecule has 0 bridgehead atoms. The van der Waals surface area contributed by atoms with Crippen LogP contribution in [0, 0.1) is 5.41 Å². The molecule has 176 valence electrons. The fourth-order valence-corrected chi connectivity index (χ4v) is 4.45. The van der Waals surface area contributed by atoms with Gasteiger partial charge in [-0.05, 0) is 28.7 Å². The predicted molar refractivity (Wildman–Crippen MR) is 124 cm³/mol. The van der Waals surface area contributed by atoms with Crippen molar-refractivity contribution in [3.8, 4) is 0 Å². The van der Waals surface area contributed by atoms with Crippen LogP contribution in [0.2, 0.25) is 0 Å². The zero-order chi connectivity index (χ0) is 24.5. The quantitative estimate of drug-likeness (QED) is 0.667. The van der Waals surface area contributed by atoms with Crippen molar-refractivity contribution < 1.29 is 28.6 Å². The first-order valence-corrected chi connectivity index (χ1v) is 11.0. The number of allylic oxidation sites excluding steroid dienone is 2. The van der Waals surface area contributed by atoms with Crippen LogP contribution in [0.15, 0.2) is 77.4 Å². The summed E-state index contributed by atoms with van der Waals surface area (Å²) in [6, 6.07) is 15.8. The molecule has 1 atom stereocenters. The highest BCUT2D eigenvalue weighted by molar-refractivity contribution is 6.03. The Hall–Kier alpha value is -3.87. The summed E-state index contributed by atoms with van der Waals surface area (Å²) in [5.74, 6) is -1.61. The first kappa shape index (κ1) is 23.3. The molecule has 34 heavy (non-hydrogen) atoms. The Bertz CT molecular complexity index is 1190. The Morgan fingerprint density at radius 2 is 1.71 bits per heavy atom. The predicted octanol–water partition coefficient (Wildman–Crippen LogP) is 4.14. The Morgan fingerprint density at radius 1 is 1.03 bits per heavy atom. The maximum Gasteiger partial charge on any atom is 0.340 e. The van der Waals surface area contributed by atoms with Gasteiger partial charge in [0.1, 0.15) is 17.9 Å². The smallest absolute Gasteiger partial charge is 0.340 e. The average Bonchev–Trinajstić information content (AvgIpc) is 2.81. The number of esters is 2. The van der Waals surface area contributed by atoms with Gasteiger partial charge in [0, 0.05) is 18.4 Å². The lowest BCUT2D eigenvalue weighted by molar-refractivity contribution is -0.141. The zero-order valence-electron chi connectivity index (χ0n) is 19.4. The summed E-state index contributed by atoms with van der Waals surface area (Å²) in [7, 11) is 1.30. The third kappa shape index (κ3) is 4.59. The molecule has 1 aliphatic carbocycles. The molecule has 2 N–H and O–H groups in total. The summed E-state index contributed by atoms with van der Waals surface area (Å²) in [5, 5.41) is 0. The van der Waals surface area contributed by atoms with Gasteiger partial charge in [-0.3, -0.25) is 4.79 Å². The van der Waals surface area contributed by atoms with Gasteiger partial charge in [0.25, 0.3) is 0 Å². The van der Waals surface area contributed by atoms with E-state index in [2.05, 4.69) is 0 Å². The Kier molecular flexibility index (Phi) is 6.28. The van der Waals surface area contributed by atoms with Crippen molar-refractivity contribution in [2.75, 3.05) is 7.11 Å². The normalized spacial score (nSPS) is 19.3. The second kappa shape index (κ2) is 9.17. The van der Waals surface area contributed by atoms with Gasteiger partial charge in [-0.25, -0.2) is 9.59 Å². The molecule has 1 aliphatic heterocycles.